The first kappa shape index (κ1) is 23.8. The number of carbonyl (C=O) groups excluding carboxylic acids is 2. The van der Waals surface area contributed by atoms with Crippen LogP contribution < -0.4 is 5.32 Å². The Hall–Kier alpha value is -4.97. The summed E-state index contributed by atoms with van der Waals surface area (Å²) in [5.41, 5.74) is 4.04. The molecular formula is C31H25N3O3. The predicted molar refractivity (Wildman–Crippen MR) is 147 cm³/mol. The number of methoxy groups -OCH3 is 1. The number of allylic oxidation sites excluding steroid dienone is 1. The number of benzene rings is 4. The van der Waals surface area contributed by atoms with Gasteiger partial charge in [-0.05, 0) is 53.1 Å². The molecule has 37 heavy (non-hydrogen) atoms. The maximum atomic E-state index is 12.9. The van der Waals surface area contributed by atoms with Gasteiger partial charge in [-0.3, -0.25) is 9.36 Å². The minimum absolute atomic E-state index is 0.248. The first-order valence-electron chi connectivity index (χ1n) is 11.8. The summed E-state index contributed by atoms with van der Waals surface area (Å²) in [7, 11) is 1.32. The molecule has 5 aromatic rings. The molecule has 4 aromatic carbocycles. The zero-order valence-electron chi connectivity index (χ0n) is 20.5. The highest BCUT2D eigenvalue weighted by molar-refractivity contribution is 6.08. The number of hydrogen-bond donors (Lipinski definition) is 1. The number of rotatable bonds is 6. The molecule has 1 N–H and O–H groups in total. The van der Waals surface area contributed by atoms with E-state index >= 15 is 0 Å². The number of ether oxygens (including phenoxy) is 1. The maximum Gasteiger partial charge on any atom is 0.340 e. The van der Waals surface area contributed by atoms with Crippen molar-refractivity contribution in [1.82, 2.24) is 9.55 Å². The first-order valence-corrected chi connectivity index (χ1v) is 11.8. The second kappa shape index (κ2) is 10.3. The van der Waals surface area contributed by atoms with Crippen molar-refractivity contribution in [1.29, 1.82) is 0 Å². The molecule has 0 unspecified atom stereocenters. The Labute approximate surface area is 214 Å². The molecule has 0 spiro atoms. The van der Waals surface area contributed by atoms with Crippen LogP contribution in [0.15, 0.2) is 109 Å². The van der Waals surface area contributed by atoms with Gasteiger partial charge in [0.15, 0.2) is 0 Å². The van der Waals surface area contributed by atoms with E-state index in [-0.39, 0.29) is 11.5 Å². The Morgan fingerprint density at radius 3 is 2.43 bits per heavy atom. The lowest BCUT2D eigenvalue weighted by Crippen LogP contribution is -2.14. The van der Waals surface area contributed by atoms with Crippen LogP contribution in [0.5, 0.6) is 0 Å². The average Bonchev–Trinajstić information content (AvgIpc) is 3.43. The summed E-state index contributed by atoms with van der Waals surface area (Å²) < 4.78 is 6.89. The van der Waals surface area contributed by atoms with Crippen molar-refractivity contribution in [2.75, 3.05) is 12.4 Å². The van der Waals surface area contributed by atoms with E-state index in [1.54, 1.807) is 18.3 Å². The number of nitrogens with one attached hydrogen (secondary N) is 1. The molecule has 0 radical (unpaired) electrons. The lowest BCUT2D eigenvalue weighted by atomic mass is 10.0. The van der Waals surface area contributed by atoms with Crippen LogP contribution in [0.1, 0.15) is 22.8 Å². The highest BCUT2D eigenvalue weighted by Gasteiger charge is 2.17. The molecule has 1 heterocycles. The number of amides is 1. The molecular weight excluding hydrogens is 462 g/mol. The molecule has 0 saturated heterocycles. The fourth-order valence-corrected chi connectivity index (χ4v) is 4.27. The Kier molecular flexibility index (Phi) is 6.64. The Bertz CT molecular complexity index is 1630. The third kappa shape index (κ3) is 5.04. The van der Waals surface area contributed by atoms with Crippen LogP contribution >= 0.6 is 0 Å². The lowest BCUT2D eigenvalue weighted by molar-refractivity contribution is -0.111. The Morgan fingerprint density at radius 1 is 0.892 bits per heavy atom. The number of aromatic nitrogens is 2. The van der Waals surface area contributed by atoms with Crippen LogP contribution in [0, 0.1) is 0 Å². The third-order valence-electron chi connectivity index (χ3n) is 6.17. The number of fused-ring (bicyclic) bond motifs is 1. The summed E-state index contributed by atoms with van der Waals surface area (Å²) >= 11 is 0. The van der Waals surface area contributed by atoms with Crippen LogP contribution in [0.3, 0.4) is 0 Å². The van der Waals surface area contributed by atoms with Gasteiger partial charge in [0.05, 0.1) is 18.4 Å². The largest absolute Gasteiger partial charge is 0.465 e. The van der Waals surface area contributed by atoms with Crippen molar-refractivity contribution in [3.05, 3.63) is 121 Å². The normalized spacial score (nSPS) is 11.4. The molecule has 6 heteroatoms. The van der Waals surface area contributed by atoms with Gasteiger partial charge in [0, 0.05) is 29.7 Å². The van der Waals surface area contributed by atoms with Crippen molar-refractivity contribution < 1.29 is 14.3 Å². The highest BCUT2D eigenvalue weighted by atomic mass is 16.5. The molecule has 0 atom stereocenters. The fraction of sp³-hybridized carbons (Fsp3) is 0.0645. The second-order valence-corrected chi connectivity index (χ2v) is 8.59. The first-order chi connectivity index (χ1) is 18.0. The molecule has 0 saturated carbocycles. The molecule has 0 aliphatic heterocycles. The van der Waals surface area contributed by atoms with Gasteiger partial charge in [0.2, 0.25) is 5.91 Å². The smallest absolute Gasteiger partial charge is 0.340 e. The molecule has 182 valence electrons. The van der Waals surface area contributed by atoms with Gasteiger partial charge in [0.1, 0.15) is 5.82 Å². The van der Waals surface area contributed by atoms with Crippen molar-refractivity contribution >= 4 is 33.9 Å². The van der Waals surface area contributed by atoms with Gasteiger partial charge >= 0.3 is 5.97 Å². The molecule has 0 aliphatic rings. The van der Waals surface area contributed by atoms with E-state index in [9.17, 15) is 9.59 Å². The molecule has 0 aliphatic carbocycles. The van der Waals surface area contributed by atoms with Crippen LogP contribution in [0.2, 0.25) is 0 Å². The van der Waals surface area contributed by atoms with E-state index in [0.717, 1.165) is 39.0 Å². The maximum absolute atomic E-state index is 12.9. The van der Waals surface area contributed by atoms with Crippen LogP contribution in [-0.2, 0) is 9.53 Å². The average molecular weight is 488 g/mol. The van der Waals surface area contributed by atoms with Crippen LogP contribution in [-0.4, -0.2) is 28.5 Å². The van der Waals surface area contributed by atoms with Gasteiger partial charge in [-0.1, -0.05) is 66.7 Å². The Morgan fingerprint density at radius 2 is 1.65 bits per heavy atom. The lowest BCUT2D eigenvalue weighted by Gasteiger charge is -2.13. The van der Waals surface area contributed by atoms with E-state index in [4.69, 9.17) is 4.74 Å². The van der Waals surface area contributed by atoms with E-state index in [2.05, 4.69) is 22.4 Å². The summed E-state index contributed by atoms with van der Waals surface area (Å²) in [6.45, 7) is 1.89. The van der Waals surface area contributed by atoms with Crippen molar-refractivity contribution in [2.24, 2.45) is 0 Å². The fourth-order valence-electron chi connectivity index (χ4n) is 4.27. The second-order valence-electron chi connectivity index (χ2n) is 8.59. The summed E-state index contributed by atoms with van der Waals surface area (Å²) in [6, 6.07) is 29.2. The van der Waals surface area contributed by atoms with Crippen molar-refractivity contribution in [2.45, 2.75) is 6.92 Å². The van der Waals surface area contributed by atoms with Crippen LogP contribution in [0.25, 0.3) is 33.4 Å². The molecule has 1 amide bonds. The Balaban J connectivity index is 1.43. The zero-order valence-corrected chi connectivity index (χ0v) is 20.5. The molecule has 0 fully saturated rings. The number of imidazole rings is 1. The van der Waals surface area contributed by atoms with E-state index < -0.39 is 5.97 Å². The van der Waals surface area contributed by atoms with E-state index in [1.807, 2.05) is 84.4 Å². The molecule has 1 aromatic heterocycles. The summed E-state index contributed by atoms with van der Waals surface area (Å²) in [5.74, 6) is -0.146. The monoisotopic (exact) mass is 487 g/mol. The minimum atomic E-state index is -0.547. The van der Waals surface area contributed by atoms with Crippen molar-refractivity contribution in [3.63, 3.8) is 0 Å². The van der Waals surface area contributed by atoms with Gasteiger partial charge in [-0.15, -0.1) is 0 Å². The number of hydrogen-bond acceptors (Lipinski definition) is 4. The topological polar surface area (TPSA) is 73.2 Å². The molecule has 5 rings (SSSR count). The van der Waals surface area contributed by atoms with Gasteiger partial charge in [-0.2, -0.15) is 0 Å². The van der Waals surface area contributed by atoms with E-state index in [1.165, 1.54) is 13.2 Å². The molecule has 0 bridgehead atoms. The minimum Gasteiger partial charge on any atom is -0.465 e. The van der Waals surface area contributed by atoms with Crippen molar-refractivity contribution in [3.8, 4) is 17.1 Å². The highest BCUT2D eigenvalue weighted by Crippen LogP contribution is 2.26. The van der Waals surface area contributed by atoms with Gasteiger partial charge in [-0.25, -0.2) is 9.78 Å². The number of nitrogens with zero attached hydrogens (tertiary/aromatic N) is 2. The number of esters is 1. The quantitative estimate of drug-likeness (QED) is 0.219. The van der Waals surface area contributed by atoms with E-state index in [0.29, 0.717) is 5.69 Å². The third-order valence-corrected chi connectivity index (χ3v) is 6.17. The zero-order chi connectivity index (χ0) is 25.8. The SMILES string of the molecule is COC(=O)c1cc(-n2ccnc2-c2ccccc2)ccc1NC(=O)/C=C(/C)c1ccc2ccccc2c1. The predicted octanol–water partition coefficient (Wildman–Crippen LogP) is 6.52. The summed E-state index contributed by atoms with van der Waals surface area (Å²) in [6.07, 6.45) is 5.06. The van der Waals surface area contributed by atoms with Gasteiger partial charge in [0.25, 0.3) is 0 Å². The number of carbonyl (C=O) groups is 2. The standard InChI is InChI=1S/C31H25N3O3/c1-21(24-13-12-22-8-6-7-11-25(22)19-24)18-29(35)33-28-15-14-26(20-27(28)31(36)37-2)34-17-16-32-30(34)23-9-4-3-5-10-23/h3-20H,1-2H3,(H,33,35)/b21-18-. The summed E-state index contributed by atoms with van der Waals surface area (Å²) in [5, 5.41) is 5.08. The molecule has 6 nitrogen and oxygen atoms in total. The number of anilines is 1. The van der Waals surface area contributed by atoms with Crippen LogP contribution in [0.4, 0.5) is 5.69 Å². The summed E-state index contributed by atoms with van der Waals surface area (Å²) in [4.78, 5) is 30.0. The van der Waals surface area contributed by atoms with Gasteiger partial charge < -0.3 is 10.1 Å².